The van der Waals surface area contributed by atoms with Gasteiger partial charge in [0.1, 0.15) is 17.3 Å². The lowest BCUT2D eigenvalue weighted by molar-refractivity contribution is 0.0942. The van der Waals surface area contributed by atoms with Crippen molar-refractivity contribution in [1.82, 2.24) is 14.9 Å². The number of aryl methyl sites for hydroxylation is 1. The molecule has 0 bridgehead atoms. The first-order valence-corrected chi connectivity index (χ1v) is 7.33. The summed E-state index contributed by atoms with van der Waals surface area (Å²) in [6.45, 7) is -0.0132. The number of rotatable bonds is 4. The summed E-state index contributed by atoms with van der Waals surface area (Å²) in [5, 5.41) is 2.65. The molecule has 0 saturated carbocycles. The summed E-state index contributed by atoms with van der Waals surface area (Å²) in [5.41, 5.74) is 2.51. The van der Waals surface area contributed by atoms with Gasteiger partial charge < -0.3 is 9.88 Å². The zero-order valence-corrected chi connectivity index (χ0v) is 13.0. The highest BCUT2D eigenvalue weighted by Crippen LogP contribution is 2.21. The molecule has 2 heterocycles. The predicted molar refractivity (Wildman–Crippen MR) is 86.2 cm³/mol. The van der Waals surface area contributed by atoms with Crippen LogP contribution < -0.4 is 5.32 Å². The number of nitrogens with one attached hydrogen (secondary N) is 1. The molecule has 0 atom stereocenters. The Bertz CT molecular complexity index is 875. The quantitative estimate of drug-likeness (QED) is 0.799. The molecule has 0 aliphatic rings. The number of hydrogen-bond donors (Lipinski definition) is 1. The van der Waals surface area contributed by atoms with Gasteiger partial charge in [-0.1, -0.05) is 6.07 Å². The first-order chi connectivity index (χ1) is 11.5. The number of carbonyl (C=O) groups is 1. The molecule has 0 radical (unpaired) electrons. The third kappa shape index (κ3) is 3.32. The van der Waals surface area contributed by atoms with Crippen LogP contribution in [0.3, 0.4) is 0 Å². The van der Waals surface area contributed by atoms with Crippen LogP contribution in [-0.2, 0) is 13.6 Å². The van der Waals surface area contributed by atoms with E-state index in [0.29, 0.717) is 5.69 Å². The number of carbonyl (C=O) groups excluding carboxylic acids is 1. The number of pyridine rings is 1. The van der Waals surface area contributed by atoms with E-state index in [0.717, 1.165) is 23.3 Å². The second kappa shape index (κ2) is 6.62. The van der Waals surface area contributed by atoms with E-state index in [2.05, 4.69) is 10.3 Å². The first-order valence-electron chi connectivity index (χ1n) is 7.33. The molecule has 2 aromatic heterocycles. The Morgan fingerprint density at radius 3 is 2.58 bits per heavy atom. The number of benzene rings is 1. The van der Waals surface area contributed by atoms with Gasteiger partial charge >= 0.3 is 0 Å². The number of amides is 1. The fourth-order valence-corrected chi connectivity index (χ4v) is 2.42. The van der Waals surface area contributed by atoms with Crippen molar-refractivity contribution in [3.05, 3.63) is 77.9 Å². The molecular weight excluding hydrogens is 312 g/mol. The van der Waals surface area contributed by atoms with Crippen LogP contribution in [0.2, 0.25) is 0 Å². The number of hydrogen-bond acceptors (Lipinski definition) is 2. The molecule has 0 spiro atoms. The molecule has 6 heteroatoms. The average Bonchev–Trinajstić information content (AvgIpc) is 2.96. The van der Waals surface area contributed by atoms with Crippen LogP contribution in [0.1, 0.15) is 16.1 Å². The van der Waals surface area contributed by atoms with Crippen LogP contribution in [-0.4, -0.2) is 15.5 Å². The van der Waals surface area contributed by atoms with E-state index >= 15 is 0 Å². The minimum Gasteiger partial charge on any atom is -0.347 e. The van der Waals surface area contributed by atoms with Crippen molar-refractivity contribution >= 4 is 5.91 Å². The van der Waals surface area contributed by atoms with Crippen LogP contribution in [0.5, 0.6) is 0 Å². The van der Waals surface area contributed by atoms with Gasteiger partial charge in [-0.15, -0.1) is 0 Å². The largest absolute Gasteiger partial charge is 0.347 e. The predicted octanol–water partition coefficient (Wildman–Crippen LogP) is 3.30. The molecule has 3 rings (SSSR count). The van der Waals surface area contributed by atoms with E-state index in [1.165, 1.54) is 6.07 Å². The van der Waals surface area contributed by atoms with E-state index < -0.39 is 11.6 Å². The number of aromatic nitrogens is 2. The van der Waals surface area contributed by atoms with Crippen molar-refractivity contribution < 1.29 is 13.6 Å². The highest BCUT2D eigenvalue weighted by molar-refractivity contribution is 5.94. The van der Waals surface area contributed by atoms with Crippen LogP contribution in [0.4, 0.5) is 8.78 Å². The standard InChI is InChI=1S/C18H15F2N3O/c1-23-11-14(12-4-6-21-7-5-12)8-17(23)18(24)22-10-13-2-3-15(19)9-16(13)20/h2-9,11H,10H2,1H3,(H,22,24). The Morgan fingerprint density at radius 1 is 1.12 bits per heavy atom. The van der Waals surface area contributed by atoms with Gasteiger partial charge in [-0.3, -0.25) is 9.78 Å². The summed E-state index contributed by atoms with van der Waals surface area (Å²) < 4.78 is 28.2. The maximum Gasteiger partial charge on any atom is 0.268 e. The van der Waals surface area contributed by atoms with Gasteiger partial charge in [0.25, 0.3) is 5.91 Å². The maximum atomic E-state index is 13.6. The van der Waals surface area contributed by atoms with E-state index in [9.17, 15) is 13.6 Å². The normalized spacial score (nSPS) is 10.6. The molecule has 0 aliphatic heterocycles. The van der Waals surface area contributed by atoms with Gasteiger partial charge in [0.2, 0.25) is 0 Å². The van der Waals surface area contributed by atoms with Crippen LogP contribution in [0, 0.1) is 11.6 Å². The summed E-state index contributed by atoms with van der Waals surface area (Å²) in [5.74, 6) is -1.66. The molecule has 0 fully saturated rings. The average molecular weight is 327 g/mol. The lowest BCUT2D eigenvalue weighted by Gasteiger charge is -2.07. The molecular formula is C18H15F2N3O. The highest BCUT2D eigenvalue weighted by Gasteiger charge is 2.13. The van der Waals surface area contributed by atoms with E-state index in [1.54, 1.807) is 30.1 Å². The van der Waals surface area contributed by atoms with E-state index in [1.807, 2.05) is 18.3 Å². The summed E-state index contributed by atoms with van der Waals surface area (Å²) >= 11 is 0. The summed E-state index contributed by atoms with van der Waals surface area (Å²) in [6.07, 6.45) is 5.20. The smallest absolute Gasteiger partial charge is 0.268 e. The maximum absolute atomic E-state index is 13.6. The van der Waals surface area contributed by atoms with Gasteiger partial charge in [-0.2, -0.15) is 0 Å². The summed E-state index contributed by atoms with van der Waals surface area (Å²) in [7, 11) is 1.76. The van der Waals surface area contributed by atoms with Crippen LogP contribution in [0.15, 0.2) is 55.0 Å². The van der Waals surface area contributed by atoms with Crippen molar-refractivity contribution in [3.63, 3.8) is 0 Å². The topological polar surface area (TPSA) is 46.9 Å². The van der Waals surface area contributed by atoms with Gasteiger partial charge in [0.05, 0.1) is 0 Å². The Hall–Kier alpha value is -3.02. The molecule has 3 aromatic rings. The molecule has 1 aromatic carbocycles. The zero-order valence-electron chi connectivity index (χ0n) is 13.0. The van der Waals surface area contributed by atoms with Crippen LogP contribution in [0.25, 0.3) is 11.1 Å². The van der Waals surface area contributed by atoms with E-state index in [4.69, 9.17) is 0 Å². The fourth-order valence-electron chi connectivity index (χ4n) is 2.42. The Kier molecular flexibility index (Phi) is 4.37. The SMILES string of the molecule is Cn1cc(-c2ccncc2)cc1C(=O)NCc1ccc(F)cc1F. The monoisotopic (exact) mass is 327 g/mol. The molecule has 0 saturated heterocycles. The summed E-state index contributed by atoms with van der Waals surface area (Å²) in [4.78, 5) is 16.3. The van der Waals surface area contributed by atoms with Gasteiger partial charge in [-0.25, -0.2) is 8.78 Å². The Labute approximate surface area is 137 Å². The second-order valence-corrected chi connectivity index (χ2v) is 5.38. The Balaban J connectivity index is 1.75. The molecule has 0 aliphatic carbocycles. The Morgan fingerprint density at radius 2 is 1.88 bits per heavy atom. The van der Waals surface area contributed by atoms with Crippen molar-refractivity contribution in [2.45, 2.75) is 6.54 Å². The minimum atomic E-state index is -0.681. The number of halogens is 2. The third-order valence-electron chi connectivity index (χ3n) is 3.71. The van der Waals surface area contributed by atoms with Gasteiger partial charge in [0.15, 0.2) is 0 Å². The van der Waals surface area contributed by atoms with Crippen molar-refractivity contribution in [2.24, 2.45) is 7.05 Å². The zero-order chi connectivity index (χ0) is 17.1. The fraction of sp³-hybridized carbons (Fsp3) is 0.111. The van der Waals surface area contributed by atoms with Gasteiger partial charge in [-0.05, 0) is 29.8 Å². The molecule has 0 unspecified atom stereocenters. The first kappa shape index (κ1) is 15.9. The lowest BCUT2D eigenvalue weighted by Crippen LogP contribution is -2.25. The highest BCUT2D eigenvalue weighted by atomic mass is 19.1. The molecule has 122 valence electrons. The van der Waals surface area contributed by atoms with Crippen molar-refractivity contribution in [1.29, 1.82) is 0 Å². The minimum absolute atomic E-state index is 0.0132. The van der Waals surface area contributed by atoms with Crippen molar-refractivity contribution in [2.75, 3.05) is 0 Å². The molecule has 1 N–H and O–H groups in total. The molecule has 4 nitrogen and oxygen atoms in total. The number of nitrogens with zero attached hydrogens (tertiary/aromatic N) is 2. The third-order valence-corrected chi connectivity index (χ3v) is 3.71. The summed E-state index contributed by atoms with van der Waals surface area (Å²) in [6, 6.07) is 8.74. The van der Waals surface area contributed by atoms with Crippen LogP contribution >= 0.6 is 0 Å². The lowest BCUT2D eigenvalue weighted by atomic mass is 10.1. The second-order valence-electron chi connectivity index (χ2n) is 5.38. The molecule has 1 amide bonds. The van der Waals surface area contributed by atoms with Crippen molar-refractivity contribution in [3.8, 4) is 11.1 Å². The van der Waals surface area contributed by atoms with Gasteiger partial charge in [0, 0.05) is 49.4 Å². The molecule has 24 heavy (non-hydrogen) atoms. The van der Waals surface area contributed by atoms with E-state index in [-0.39, 0.29) is 18.0 Å².